The molecule has 0 aliphatic rings. The Morgan fingerprint density at radius 2 is 2.18 bits per heavy atom. The minimum Gasteiger partial charge on any atom is -0.325 e. The number of halogens is 2. The molecule has 0 unspecified atom stereocenters. The highest BCUT2D eigenvalue weighted by molar-refractivity contribution is 9.10. The summed E-state index contributed by atoms with van der Waals surface area (Å²) in [6, 6.07) is 5.01. The first kappa shape index (κ1) is 12.3. The van der Waals surface area contributed by atoms with Gasteiger partial charge in [0.15, 0.2) is 0 Å². The Morgan fingerprint density at radius 1 is 1.47 bits per heavy atom. The van der Waals surface area contributed by atoms with Crippen LogP contribution in [0.4, 0.5) is 4.39 Å². The molecule has 2 rings (SSSR count). The highest BCUT2D eigenvalue weighted by atomic mass is 79.9. The Labute approximate surface area is 108 Å². The van der Waals surface area contributed by atoms with Crippen LogP contribution < -0.4 is 5.73 Å². The minimum atomic E-state index is -0.203. The average Bonchev–Trinajstić information content (AvgIpc) is 2.58. The molecule has 0 fully saturated rings. The molecule has 1 heterocycles. The van der Waals surface area contributed by atoms with Crippen LogP contribution in [0.5, 0.6) is 0 Å². The molecule has 0 amide bonds. The summed E-state index contributed by atoms with van der Waals surface area (Å²) >= 11 is 3.48. The van der Waals surface area contributed by atoms with Crippen molar-refractivity contribution in [1.29, 1.82) is 0 Å². The van der Waals surface area contributed by atoms with Crippen LogP contribution >= 0.6 is 15.9 Å². The van der Waals surface area contributed by atoms with Crippen molar-refractivity contribution < 1.29 is 4.39 Å². The molecule has 0 atom stereocenters. The standard InChI is InChI=1S/C12H13BrFN3/c1-7-5-8(3-4-9(7)14)12-11(13)10(6-15)16-17(12)2/h3-5H,6,15H2,1-2H3. The number of rotatable bonds is 2. The molecule has 2 aromatic rings. The van der Waals surface area contributed by atoms with Gasteiger partial charge >= 0.3 is 0 Å². The van der Waals surface area contributed by atoms with Gasteiger partial charge in [-0.1, -0.05) is 0 Å². The normalized spacial score (nSPS) is 10.9. The van der Waals surface area contributed by atoms with Crippen molar-refractivity contribution in [3.05, 3.63) is 39.7 Å². The fraction of sp³-hybridized carbons (Fsp3) is 0.250. The van der Waals surface area contributed by atoms with Gasteiger partial charge in [-0.15, -0.1) is 0 Å². The molecule has 2 N–H and O–H groups in total. The first-order chi connectivity index (χ1) is 8.04. The zero-order chi connectivity index (χ0) is 12.6. The predicted octanol–water partition coefficient (Wildman–Crippen LogP) is 2.76. The Kier molecular flexibility index (Phi) is 3.31. The second-order valence-corrected chi connectivity index (χ2v) is 4.69. The lowest BCUT2D eigenvalue weighted by atomic mass is 10.1. The lowest BCUT2D eigenvalue weighted by Crippen LogP contribution is -1.99. The molecule has 0 aliphatic carbocycles. The van der Waals surface area contributed by atoms with Crippen molar-refractivity contribution in [2.75, 3.05) is 0 Å². The Morgan fingerprint density at radius 3 is 2.71 bits per heavy atom. The molecule has 1 aromatic carbocycles. The highest BCUT2D eigenvalue weighted by Crippen LogP contribution is 2.31. The SMILES string of the molecule is Cc1cc(-c2c(Br)c(CN)nn2C)ccc1F. The minimum absolute atomic E-state index is 0.203. The van der Waals surface area contributed by atoms with Crippen LogP contribution in [0, 0.1) is 12.7 Å². The average molecular weight is 298 g/mol. The maximum absolute atomic E-state index is 13.2. The van der Waals surface area contributed by atoms with Gasteiger partial charge in [-0.05, 0) is 46.6 Å². The first-order valence-electron chi connectivity index (χ1n) is 5.22. The van der Waals surface area contributed by atoms with Crippen molar-refractivity contribution in [2.45, 2.75) is 13.5 Å². The molecule has 3 nitrogen and oxygen atoms in total. The van der Waals surface area contributed by atoms with Crippen LogP contribution in [-0.2, 0) is 13.6 Å². The van der Waals surface area contributed by atoms with E-state index >= 15 is 0 Å². The molecular weight excluding hydrogens is 285 g/mol. The second-order valence-electron chi connectivity index (χ2n) is 3.90. The van der Waals surface area contributed by atoms with Crippen molar-refractivity contribution >= 4 is 15.9 Å². The summed E-state index contributed by atoms with van der Waals surface area (Å²) in [5.41, 5.74) is 8.84. The molecule has 0 aliphatic heterocycles. The number of aromatic nitrogens is 2. The number of hydrogen-bond donors (Lipinski definition) is 1. The summed E-state index contributed by atoms with van der Waals surface area (Å²) in [7, 11) is 1.85. The Hall–Kier alpha value is -1.20. The van der Waals surface area contributed by atoms with E-state index in [9.17, 15) is 4.39 Å². The van der Waals surface area contributed by atoms with E-state index < -0.39 is 0 Å². The predicted molar refractivity (Wildman–Crippen MR) is 68.9 cm³/mol. The van der Waals surface area contributed by atoms with Gasteiger partial charge in [0.25, 0.3) is 0 Å². The lowest BCUT2D eigenvalue weighted by Gasteiger charge is -2.05. The van der Waals surface area contributed by atoms with E-state index in [2.05, 4.69) is 21.0 Å². The fourth-order valence-corrected chi connectivity index (χ4v) is 2.52. The first-order valence-corrected chi connectivity index (χ1v) is 6.02. The van der Waals surface area contributed by atoms with E-state index in [0.29, 0.717) is 12.1 Å². The monoisotopic (exact) mass is 297 g/mol. The topological polar surface area (TPSA) is 43.8 Å². The Bertz CT molecular complexity index is 563. The zero-order valence-electron chi connectivity index (χ0n) is 9.67. The van der Waals surface area contributed by atoms with Crippen molar-refractivity contribution in [3.8, 4) is 11.3 Å². The van der Waals surface area contributed by atoms with E-state index in [4.69, 9.17) is 5.73 Å². The lowest BCUT2D eigenvalue weighted by molar-refractivity contribution is 0.618. The van der Waals surface area contributed by atoms with Gasteiger partial charge in [0.1, 0.15) is 5.82 Å². The van der Waals surface area contributed by atoms with Crippen molar-refractivity contribution in [3.63, 3.8) is 0 Å². The summed E-state index contributed by atoms with van der Waals surface area (Å²) in [4.78, 5) is 0. The van der Waals surface area contributed by atoms with E-state index in [1.165, 1.54) is 6.07 Å². The largest absolute Gasteiger partial charge is 0.325 e. The van der Waals surface area contributed by atoms with Crippen molar-refractivity contribution in [1.82, 2.24) is 9.78 Å². The number of benzene rings is 1. The van der Waals surface area contributed by atoms with Gasteiger partial charge in [0, 0.05) is 19.2 Å². The number of hydrogen-bond acceptors (Lipinski definition) is 2. The van der Waals surface area contributed by atoms with Crippen molar-refractivity contribution in [2.24, 2.45) is 12.8 Å². The molecule has 17 heavy (non-hydrogen) atoms. The summed E-state index contributed by atoms with van der Waals surface area (Å²) in [5, 5.41) is 4.31. The summed E-state index contributed by atoms with van der Waals surface area (Å²) in [5.74, 6) is -0.203. The highest BCUT2D eigenvalue weighted by Gasteiger charge is 2.15. The van der Waals surface area contributed by atoms with Crippen LogP contribution in [0.25, 0.3) is 11.3 Å². The van der Waals surface area contributed by atoms with Crippen LogP contribution in [0.3, 0.4) is 0 Å². The van der Waals surface area contributed by atoms with Crippen LogP contribution in [0.2, 0.25) is 0 Å². The van der Waals surface area contributed by atoms with Crippen LogP contribution in [0.15, 0.2) is 22.7 Å². The van der Waals surface area contributed by atoms with Gasteiger partial charge in [-0.3, -0.25) is 4.68 Å². The van der Waals surface area contributed by atoms with Crippen LogP contribution in [0.1, 0.15) is 11.3 Å². The molecule has 0 spiro atoms. The summed E-state index contributed by atoms with van der Waals surface area (Å²) < 4.78 is 15.9. The smallest absolute Gasteiger partial charge is 0.126 e. The zero-order valence-corrected chi connectivity index (χ0v) is 11.3. The summed E-state index contributed by atoms with van der Waals surface area (Å²) in [6.07, 6.45) is 0. The van der Waals surface area contributed by atoms with Gasteiger partial charge in [0.2, 0.25) is 0 Å². The molecule has 0 saturated heterocycles. The second kappa shape index (κ2) is 4.58. The van der Waals surface area contributed by atoms with Gasteiger partial charge < -0.3 is 5.73 Å². The fourth-order valence-electron chi connectivity index (χ4n) is 1.79. The number of nitrogens with zero attached hydrogens (tertiary/aromatic N) is 2. The molecule has 1 aromatic heterocycles. The van der Waals surface area contributed by atoms with Gasteiger partial charge in [-0.25, -0.2) is 4.39 Å². The molecule has 0 radical (unpaired) electrons. The third kappa shape index (κ3) is 2.12. The quantitative estimate of drug-likeness (QED) is 0.926. The maximum atomic E-state index is 13.2. The molecule has 90 valence electrons. The van der Waals surface area contributed by atoms with Crippen LogP contribution in [-0.4, -0.2) is 9.78 Å². The Balaban J connectivity index is 2.60. The van der Waals surface area contributed by atoms with Gasteiger partial charge in [0.05, 0.1) is 15.9 Å². The number of aryl methyl sites for hydroxylation is 2. The van der Waals surface area contributed by atoms with E-state index in [1.54, 1.807) is 23.7 Å². The third-order valence-electron chi connectivity index (χ3n) is 2.68. The number of nitrogens with two attached hydrogens (primary N) is 1. The summed E-state index contributed by atoms with van der Waals surface area (Å²) in [6.45, 7) is 2.11. The molecule has 0 bridgehead atoms. The molecular formula is C12H13BrFN3. The molecule has 0 saturated carbocycles. The van der Waals surface area contributed by atoms with E-state index in [0.717, 1.165) is 21.4 Å². The van der Waals surface area contributed by atoms with Gasteiger partial charge in [-0.2, -0.15) is 5.10 Å². The molecule has 5 heteroatoms. The maximum Gasteiger partial charge on any atom is 0.126 e. The van der Waals surface area contributed by atoms with E-state index in [-0.39, 0.29) is 5.82 Å². The van der Waals surface area contributed by atoms with E-state index in [1.807, 2.05) is 7.05 Å². The third-order valence-corrected chi connectivity index (χ3v) is 3.51.